The Bertz CT molecular complexity index is 264. The van der Waals surface area contributed by atoms with Crippen LogP contribution in [0.15, 0.2) is 0 Å². The van der Waals surface area contributed by atoms with Gasteiger partial charge in [0.1, 0.15) is 0 Å². The van der Waals surface area contributed by atoms with Crippen LogP contribution in [-0.4, -0.2) is 50.3 Å². The SMILES string of the molecule is CC(C)OCCCNCCN1CCC2(CCCCC2)CC1. The Balaban J connectivity index is 1.47. The van der Waals surface area contributed by atoms with Crippen LogP contribution in [0.4, 0.5) is 0 Å². The number of piperidine rings is 1. The zero-order valence-corrected chi connectivity index (χ0v) is 14.3. The Morgan fingerprint density at radius 1 is 1.00 bits per heavy atom. The lowest BCUT2D eigenvalue weighted by Gasteiger charge is -2.44. The van der Waals surface area contributed by atoms with Gasteiger partial charge in [-0.2, -0.15) is 0 Å². The van der Waals surface area contributed by atoms with Gasteiger partial charge >= 0.3 is 0 Å². The Hall–Kier alpha value is -0.120. The molecule has 1 heterocycles. The minimum Gasteiger partial charge on any atom is -0.379 e. The molecule has 1 saturated carbocycles. The van der Waals surface area contributed by atoms with Crippen LogP contribution in [0.3, 0.4) is 0 Å². The predicted molar refractivity (Wildman–Crippen MR) is 89.8 cm³/mol. The second-order valence-corrected chi connectivity index (χ2v) is 7.43. The summed E-state index contributed by atoms with van der Waals surface area (Å²) in [5, 5.41) is 3.56. The second-order valence-electron chi connectivity index (χ2n) is 7.43. The van der Waals surface area contributed by atoms with E-state index >= 15 is 0 Å². The highest BCUT2D eigenvalue weighted by Crippen LogP contribution is 2.44. The molecule has 0 aromatic carbocycles. The maximum atomic E-state index is 5.55. The van der Waals surface area contributed by atoms with Gasteiger partial charge in [-0.05, 0) is 71.0 Å². The predicted octanol–water partition coefficient (Wildman–Crippen LogP) is 3.44. The molecule has 3 nitrogen and oxygen atoms in total. The average molecular weight is 296 g/mol. The number of nitrogens with one attached hydrogen (secondary N) is 1. The van der Waals surface area contributed by atoms with Crippen LogP contribution in [0.5, 0.6) is 0 Å². The maximum absolute atomic E-state index is 5.55. The first-order valence-electron chi connectivity index (χ1n) is 9.25. The van der Waals surface area contributed by atoms with Crippen molar-refractivity contribution in [3.8, 4) is 0 Å². The number of nitrogens with zero attached hydrogens (tertiary/aromatic N) is 1. The summed E-state index contributed by atoms with van der Waals surface area (Å²) >= 11 is 0. The van der Waals surface area contributed by atoms with Gasteiger partial charge in [-0.25, -0.2) is 0 Å². The molecule has 2 aliphatic rings. The fraction of sp³-hybridized carbons (Fsp3) is 1.00. The number of ether oxygens (including phenoxy) is 1. The molecule has 1 saturated heterocycles. The third-order valence-electron chi connectivity index (χ3n) is 5.38. The Labute approximate surface area is 131 Å². The first-order valence-corrected chi connectivity index (χ1v) is 9.25. The van der Waals surface area contributed by atoms with Gasteiger partial charge in [0.15, 0.2) is 0 Å². The summed E-state index contributed by atoms with van der Waals surface area (Å²) in [6.07, 6.45) is 11.9. The average Bonchev–Trinajstić information content (AvgIpc) is 2.49. The van der Waals surface area contributed by atoms with E-state index in [0.717, 1.165) is 31.5 Å². The molecule has 1 aliphatic heterocycles. The van der Waals surface area contributed by atoms with E-state index in [-0.39, 0.29) is 0 Å². The highest BCUT2D eigenvalue weighted by atomic mass is 16.5. The highest BCUT2D eigenvalue weighted by molar-refractivity contribution is 4.88. The minimum absolute atomic E-state index is 0.366. The molecule has 2 rings (SSSR count). The summed E-state index contributed by atoms with van der Waals surface area (Å²) in [5.41, 5.74) is 0.746. The van der Waals surface area contributed by atoms with Crippen LogP contribution in [0.2, 0.25) is 0 Å². The normalized spacial score (nSPS) is 23.0. The number of hydrogen-bond donors (Lipinski definition) is 1. The molecule has 1 N–H and O–H groups in total. The molecule has 124 valence electrons. The van der Waals surface area contributed by atoms with Crippen molar-refractivity contribution in [1.82, 2.24) is 10.2 Å². The van der Waals surface area contributed by atoms with Gasteiger partial charge in [0.25, 0.3) is 0 Å². The van der Waals surface area contributed by atoms with Crippen molar-refractivity contribution in [3.05, 3.63) is 0 Å². The molecule has 0 unspecified atom stereocenters. The van der Waals surface area contributed by atoms with Gasteiger partial charge in [0.05, 0.1) is 6.10 Å². The van der Waals surface area contributed by atoms with E-state index in [1.807, 2.05) is 0 Å². The molecule has 3 heteroatoms. The summed E-state index contributed by atoms with van der Waals surface area (Å²) in [5.74, 6) is 0. The molecule has 0 radical (unpaired) electrons. The molecule has 0 atom stereocenters. The van der Waals surface area contributed by atoms with Crippen molar-refractivity contribution in [2.75, 3.05) is 39.3 Å². The number of hydrogen-bond acceptors (Lipinski definition) is 3. The highest BCUT2D eigenvalue weighted by Gasteiger charge is 2.35. The van der Waals surface area contributed by atoms with E-state index in [0.29, 0.717) is 6.10 Å². The van der Waals surface area contributed by atoms with Crippen molar-refractivity contribution in [2.24, 2.45) is 5.41 Å². The molecular formula is C18H36N2O. The summed E-state index contributed by atoms with van der Waals surface area (Å²) in [6.45, 7) is 11.2. The lowest BCUT2D eigenvalue weighted by atomic mass is 9.68. The van der Waals surface area contributed by atoms with Gasteiger partial charge < -0.3 is 15.0 Å². The van der Waals surface area contributed by atoms with Crippen LogP contribution >= 0.6 is 0 Å². The summed E-state index contributed by atoms with van der Waals surface area (Å²) in [4.78, 5) is 2.66. The van der Waals surface area contributed by atoms with Crippen LogP contribution in [0, 0.1) is 5.41 Å². The Kier molecular flexibility index (Phi) is 7.48. The van der Waals surface area contributed by atoms with Crippen LogP contribution in [0.25, 0.3) is 0 Å². The first-order chi connectivity index (χ1) is 10.2. The minimum atomic E-state index is 0.366. The smallest absolute Gasteiger partial charge is 0.0518 e. The molecule has 1 aliphatic carbocycles. The molecular weight excluding hydrogens is 260 g/mol. The molecule has 0 aromatic heterocycles. The fourth-order valence-corrected chi connectivity index (χ4v) is 3.93. The van der Waals surface area contributed by atoms with Crippen LogP contribution in [-0.2, 0) is 4.74 Å². The Morgan fingerprint density at radius 2 is 1.71 bits per heavy atom. The third kappa shape index (κ3) is 6.25. The quantitative estimate of drug-likeness (QED) is 0.694. The van der Waals surface area contributed by atoms with Crippen molar-refractivity contribution in [2.45, 2.75) is 71.3 Å². The van der Waals surface area contributed by atoms with E-state index in [4.69, 9.17) is 4.74 Å². The van der Waals surface area contributed by atoms with E-state index < -0.39 is 0 Å². The molecule has 0 aromatic rings. The lowest BCUT2D eigenvalue weighted by molar-refractivity contribution is 0.0672. The summed E-state index contributed by atoms with van der Waals surface area (Å²) in [6, 6.07) is 0. The topological polar surface area (TPSA) is 24.5 Å². The molecule has 21 heavy (non-hydrogen) atoms. The zero-order chi connectivity index (χ0) is 15.0. The van der Waals surface area contributed by atoms with Gasteiger partial charge in [-0.1, -0.05) is 19.3 Å². The fourth-order valence-electron chi connectivity index (χ4n) is 3.93. The van der Waals surface area contributed by atoms with Crippen LogP contribution in [0.1, 0.15) is 65.2 Å². The molecule has 0 bridgehead atoms. The lowest BCUT2D eigenvalue weighted by Crippen LogP contribution is -2.43. The number of rotatable bonds is 8. The van der Waals surface area contributed by atoms with E-state index in [1.54, 1.807) is 0 Å². The Morgan fingerprint density at radius 3 is 2.38 bits per heavy atom. The van der Waals surface area contributed by atoms with Gasteiger partial charge in [-0.15, -0.1) is 0 Å². The largest absolute Gasteiger partial charge is 0.379 e. The number of likely N-dealkylation sites (tertiary alicyclic amines) is 1. The van der Waals surface area contributed by atoms with Gasteiger partial charge in [-0.3, -0.25) is 0 Å². The maximum Gasteiger partial charge on any atom is 0.0518 e. The van der Waals surface area contributed by atoms with Crippen LogP contribution < -0.4 is 5.32 Å². The summed E-state index contributed by atoms with van der Waals surface area (Å²) < 4.78 is 5.55. The van der Waals surface area contributed by atoms with Crippen molar-refractivity contribution >= 4 is 0 Å². The van der Waals surface area contributed by atoms with E-state index in [2.05, 4.69) is 24.1 Å². The second kappa shape index (κ2) is 9.12. The molecule has 2 fully saturated rings. The van der Waals surface area contributed by atoms with Crippen molar-refractivity contribution < 1.29 is 4.74 Å². The van der Waals surface area contributed by atoms with E-state index in [9.17, 15) is 0 Å². The standard InChI is InChI=1S/C18H36N2O/c1-17(2)21-16-6-11-19-12-15-20-13-9-18(10-14-20)7-4-3-5-8-18/h17,19H,3-16H2,1-2H3. The van der Waals surface area contributed by atoms with E-state index in [1.165, 1.54) is 64.6 Å². The van der Waals surface area contributed by atoms with Gasteiger partial charge in [0.2, 0.25) is 0 Å². The van der Waals surface area contributed by atoms with Gasteiger partial charge in [0, 0.05) is 19.7 Å². The monoisotopic (exact) mass is 296 g/mol. The molecule has 1 spiro atoms. The first kappa shape index (κ1) is 17.2. The summed E-state index contributed by atoms with van der Waals surface area (Å²) in [7, 11) is 0. The zero-order valence-electron chi connectivity index (χ0n) is 14.3. The molecule has 0 amide bonds. The third-order valence-corrected chi connectivity index (χ3v) is 5.38. The van der Waals surface area contributed by atoms with Crippen molar-refractivity contribution in [1.29, 1.82) is 0 Å². The van der Waals surface area contributed by atoms with Crippen molar-refractivity contribution in [3.63, 3.8) is 0 Å².